The molecule has 0 aromatic heterocycles. The molecule has 2 rings (SSSR count). The van der Waals surface area contributed by atoms with Gasteiger partial charge in [-0.3, -0.25) is 4.90 Å². The monoisotopic (exact) mass is 307 g/mol. The molecule has 1 aliphatic rings. The molecular weight excluding hydrogens is 278 g/mol. The normalized spacial score (nSPS) is 17.4. The van der Waals surface area contributed by atoms with Gasteiger partial charge in [0.05, 0.1) is 0 Å². The minimum atomic E-state index is 0.0813. The Bertz CT molecular complexity index is 457. The van der Waals surface area contributed by atoms with E-state index in [-0.39, 0.29) is 12.6 Å². The summed E-state index contributed by atoms with van der Waals surface area (Å²) < 4.78 is 0. The Kier molecular flexibility index (Phi) is 6.49. The van der Waals surface area contributed by atoms with Gasteiger partial charge in [-0.15, -0.1) is 0 Å². The van der Waals surface area contributed by atoms with Crippen molar-refractivity contribution in [1.82, 2.24) is 10.2 Å². The summed E-state index contributed by atoms with van der Waals surface area (Å²) in [6.07, 6.45) is 0.651. The highest BCUT2D eigenvalue weighted by Crippen LogP contribution is 2.34. The largest absolute Gasteiger partial charge is 0.508 e. The molecule has 22 heavy (non-hydrogen) atoms. The van der Waals surface area contributed by atoms with Gasteiger partial charge in [-0.1, -0.05) is 6.07 Å². The number of rotatable bonds is 7. The van der Waals surface area contributed by atoms with Gasteiger partial charge in [0.15, 0.2) is 0 Å². The van der Waals surface area contributed by atoms with Crippen molar-refractivity contribution >= 4 is 5.69 Å². The lowest BCUT2D eigenvalue weighted by atomic mass is 9.99. The predicted octanol–water partition coefficient (Wildman–Crippen LogP) is 1.57. The molecule has 0 amide bonds. The number of anilines is 1. The van der Waals surface area contributed by atoms with Crippen molar-refractivity contribution in [2.75, 3.05) is 50.8 Å². The van der Waals surface area contributed by atoms with Gasteiger partial charge in [0.2, 0.25) is 0 Å². The Balaban J connectivity index is 2.23. The Morgan fingerprint density at radius 1 is 1.23 bits per heavy atom. The lowest BCUT2D eigenvalue weighted by Crippen LogP contribution is -2.45. The molecule has 0 saturated carbocycles. The fourth-order valence-corrected chi connectivity index (χ4v) is 3.25. The number of aliphatic hydroxyl groups excluding tert-OH is 1. The van der Waals surface area contributed by atoms with E-state index in [4.69, 9.17) is 0 Å². The number of phenolic OH excluding ortho intramolecular Hbond substituents is 1. The van der Waals surface area contributed by atoms with Crippen LogP contribution in [0.15, 0.2) is 18.2 Å². The molecular formula is C17H29N3O2. The fraction of sp³-hybridized carbons (Fsp3) is 0.647. The van der Waals surface area contributed by atoms with Crippen LogP contribution in [0.3, 0.4) is 0 Å². The van der Waals surface area contributed by atoms with Crippen LogP contribution in [-0.4, -0.2) is 61.0 Å². The molecule has 3 N–H and O–H groups in total. The molecule has 1 fully saturated rings. The third-order valence-electron chi connectivity index (χ3n) is 4.50. The number of nitrogens with one attached hydrogen (secondary N) is 1. The van der Waals surface area contributed by atoms with Gasteiger partial charge in [0.25, 0.3) is 0 Å². The van der Waals surface area contributed by atoms with Crippen molar-refractivity contribution in [2.24, 2.45) is 0 Å². The van der Waals surface area contributed by atoms with Gasteiger partial charge < -0.3 is 20.4 Å². The second kappa shape index (κ2) is 8.36. The number of aliphatic hydroxyl groups is 1. The zero-order valence-corrected chi connectivity index (χ0v) is 13.8. The first kappa shape index (κ1) is 17.1. The molecule has 0 spiro atoms. The number of phenols is 1. The number of benzene rings is 1. The van der Waals surface area contributed by atoms with E-state index in [0.29, 0.717) is 12.2 Å². The highest BCUT2D eigenvalue weighted by Gasteiger charge is 2.24. The molecule has 1 saturated heterocycles. The maximum absolute atomic E-state index is 10.5. The van der Waals surface area contributed by atoms with Gasteiger partial charge in [0.1, 0.15) is 5.75 Å². The van der Waals surface area contributed by atoms with Crippen molar-refractivity contribution in [3.8, 4) is 5.75 Å². The Hall–Kier alpha value is -1.30. The van der Waals surface area contributed by atoms with E-state index in [9.17, 15) is 10.2 Å². The highest BCUT2D eigenvalue weighted by atomic mass is 16.3. The lowest BCUT2D eigenvalue weighted by molar-refractivity contribution is 0.139. The van der Waals surface area contributed by atoms with E-state index in [1.54, 1.807) is 0 Å². The second-order valence-electron chi connectivity index (χ2n) is 5.73. The zero-order valence-electron chi connectivity index (χ0n) is 13.8. The van der Waals surface area contributed by atoms with E-state index in [0.717, 1.165) is 50.5 Å². The minimum absolute atomic E-state index is 0.0813. The summed E-state index contributed by atoms with van der Waals surface area (Å²) in [7, 11) is 0. The van der Waals surface area contributed by atoms with Crippen LogP contribution in [0.4, 0.5) is 5.69 Å². The Morgan fingerprint density at radius 3 is 2.45 bits per heavy atom. The first-order valence-electron chi connectivity index (χ1n) is 8.34. The molecule has 1 aromatic carbocycles. The summed E-state index contributed by atoms with van der Waals surface area (Å²) >= 11 is 0. The van der Waals surface area contributed by atoms with Crippen molar-refractivity contribution in [3.05, 3.63) is 23.8 Å². The summed E-state index contributed by atoms with van der Waals surface area (Å²) in [6.45, 7) is 10.0. The van der Waals surface area contributed by atoms with Crippen molar-refractivity contribution in [3.63, 3.8) is 0 Å². The van der Waals surface area contributed by atoms with Gasteiger partial charge in [-0.2, -0.15) is 0 Å². The van der Waals surface area contributed by atoms with E-state index in [2.05, 4.69) is 35.0 Å². The summed E-state index contributed by atoms with van der Waals surface area (Å²) in [6, 6.07) is 6.03. The van der Waals surface area contributed by atoms with Crippen LogP contribution in [0.5, 0.6) is 5.75 Å². The van der Waals surface area contributed by atoms with Gasteiger partial charge in [-0.05, 0) is 26.3 Å². The van der Waals surface area contributed by atoms with E-state index < -0.39 is 0 Å². The van der Waals surface area contributed by atoms with Crippen LogP contribution in [0.1, 0.15) is 31.9 Å². The van der Waals surface area contributed by atoms with Crippen LogP contribution >= 0.6 is 0 Å². The summed E-state index contributed by atoms with van der Waals surface area (Å²) in [5.74, 6) is 0.335. The average Bonchev–Trinajstić information content (AvgIpc) is 2.55. The molecule has 5 nitrogen and oxygen atoms in total. The Morgan fingerprint density at radius 2 is 1.91 bits per heavy atom. The molecule has 1 heterocycles. The van der Waals surface area contributed by atoms with E-state index in [1.165, 1.54) is 0 Å². The number of hydrogen-bond acceptors (Lipinski definition) is 5. The van der Waals surface area contributed by atoms with Crippen LogP contribution in [0.25, 0.3) is 0 Å². The standard InChI is InChI=1S/C17H29N3O2/c1-3-19(4-2)14-5-6-15(17(22)13-14)16(7-12-21)20-10-8-18-9-11-20/h5-6,13,16,18,21-22H,3-4,7-12H2,1-2H3/t16-/m1/s1. The predicted molar refractivity (Wildman–Crippen MR) is 90.6 cm³/mol. The molecule has 1 aliphatic heterocycles. The van der Waals surface area contributed by atoms with Gasteiger partial charge >= 0.3 is 0 Å². The number of piperazine rings is 1. The van der Waals surface area contributed by atoms with Crippen LogP contribution in [0.2, 0.25) is 0 Å². The first-order valence-corrected chi connectivity index (χ1v) is 8.34. The first-order chi connectivity index (χ1) is 10.7. The average molecular weight is 307 g/mol. The van der Waals surface area contributed by atoms with Crippen LogP contribution < -0.4 is 10.2 Å². The van der Waals surface area contributed by atoms with Gasteiger partial charge in [0, 0.05) is 69.2 Å². The molecule has 0 aliphatic carbocycles. The maximum Gasteiger partial charge on any atom is 0.122 e. The number of aromatic hydroxyl groups is 1. The Labute approximate surface area is 133 Å². The van der Waals surface area contributed by atoms with Crippen molar-refractivity contribution < 1.29 is 10.2 Å². The molecule has 5 heteroatoms. The van der Waals surface area contributed by atoms with Crippen LogP contribution in [-0.2, 0) is 0 Å². The van der Waals surface area contributed by atoms with E-state index in [1.807, 2.05) is 12.1 Å². The highest BCUT2D eigenvalue weighted by molar-refractivity contribution is 5.54. The summed E-state index contributed by atoms with van der Waals surface area (Å²) in [5.41, 5.74) is 1.97. The quantitative estimate of drug-likeness (QED) is 0.714. The topological polar surface area (TPSA) is 59.0 Å². The fourth-order valence-electron chi connectivity index (χ4n) is 3.25. The molecule has 124 valence electrons. The maximum atomic E-state index is 10.5. The third-order valence-corrected chi connectivity index (χ3v) is 4.50. The molecule has 1 aromatic rings. The summed E-state index contributed by atoms with van der Waals surface area (Å²) in [5, 5.41) is 23.3. The number of nitrogens with zero attached hydrogens (tertiary/aromatic N) is 2. The lowest BCUT2D eigenvalue weighted by Gasteiger charge is -2.35. The van der Waals surface area contributed by atoms with E-state index >= 15 is 0 Å². The second-order valence-corrected chi connectivity index (χ2v) is 5.73. The molecule has 1 atom stereocenters. The van der Waals surface area contributed by atoms with Crippen molar-refractivity contribution in [1.29, 1.82) is 0 Å². The SMILES string of the molecule is CCN(CC)c1ccc([C@@H](CCO)N2CCNCC2)c(O)c1. The molecule has 0 bridgehead atoms. The number of hydrogen-bond donors (Lipinski definition) is 3. The minimum Gasteiger partial charge on any atom is -0.508 e. The third kappa shape index (κ3) is 3.91. The smallest absolute Gasteiger partial charge is 0.122 e. The molecule has 0 radical (unpaired) electrons. The van der Waals surface area contributed by atoms with Crippen molar-refractivity contribution in [2.45, 2.75) is 26.3 Å². The van der Waals surface area contributed by atoms with Gasteiger partial charge in [-0.25, -0.2) is 0 Å². The summed E-state index contributed by atoms with van der Waals surface area (Å²) in [4.78, 5) is 4.56. The van der Waals surface area contributed by atoms with Crippen LogP contribution in [0, 0.1) is 0 Å². The molecule has 0 unspecified atom stereocenters. The zero-order chi connectivity index (χ0) is 15.9.